The number of ether oxygens (including phenoxy) is 5. The van der Waals surface area contributed by atoms with E-state index in [0.717, 1.165) is 32.1 Å². The predicted octanol–water partition coefficient (Wildman–Crippen LogP) is 1.63. The van der Waals surface area contributed by atoms with Crippen molar-refractivity contribution in [3.8, 4) is 0 Å². The minimum Gasteiger partial charge on any atom is -0.463 e. The zero-order valence-corrected chi connectivity index (χ0v) is 16.5. The van der Waals surface area contributed by atoms with Crippen molar-refractivity contribution in [3.63, 3.8) is 0 Å². The molecule has 1 unspecified atom stereocenters. The van der Waals surface area contributed by atoms with Crippen LogP contribution in [0.2, 0.25) is 0 Å². The van der Waals surface area contributed by atoms with Gasteiger partial charge in [-0.25, -0.2) is 0 Å². The lowest BCUT2D eigenvalue weighted by Gasteiger charge is -2.42. The zero-order chi connectivity index (χ0) is 20.3. The molecule has 0 bridgehead atoms. The summed E-state index contributed by atoms with van der Waals surface area (Å²) in [7, 11) is 0. The fraction of sp³-hybridized carbons (Fsp3) is 0.800. The smallest absolute Gasteiger partial charge is 0.303 e. The molecular formula is C20H30O8. The number of aliphatic hydroxyl groups excluding tert-OH is 1. The molecule has 8 nitrogen and oxygen atoms in total. The van der Waals surface area contributed by atoms with Gasteiger partial charge in [0.15, 0.2) is 11.9 Å². The number of aliphatic hydroxyl groups is 1. The lowest BCUT2D eigenvalue weighted by Crippen LogP contribution is -2.61. The molecule has 1 spiro atoms. The van der Waals surface area contributed by atoms with E-state index in [1.165, 1.54) is 13.8 Å². The van der Waals surface area contributed by atoms with Crippen LogP contribution in [0.15, 0.2) is 12.7 Å². The van der Waals surface area contributed by atoms with Gasteiger partial charge in [-0.2, -0.15) is 0 Å². The van der Waals surface area contributed by atoms with Crippen molar-refractivity contribution in [2.45, 2.75) is 94.8 Å². The molecule has 2 saturated heterocycles. The average Bonchev–Trinajstić information content (AvgIpc) is 3.00. The van der Waals surface area contributed by atoms with Gasteiger partial charge in [0.1, 0.15) is 37.1 Å². The number of hydrogen-bond acceptors (Lipinski definition) is 8. The molecule has 8 heteroatoms. The predicted molar refractivity (Wildman–Crippen MR) is 97.2 cm³/mol. The standard InChI is InChI=1S/C20H30O8/c1-4-8-15-17(25-13(3)22)19-18(16(26-15)14(23)11-24-12(2)21)27-20(28-19)9-6-5-7-10-20/h4,14-19,23H,1,5-11H2,2-3H3/t14-,15?,16+,17+,18-,19+/m1/s1. The van der Waals surface area contributed by atoms with E-state index in [-0.39, 0.29) is 6.61 Å². The quantitative estimate of drug-likeness (QED) is 0.532. The first-order valence-electron chi connectivity index (χ1n) is 9.96. The van der Waals surface area contributed by atoms with Crippen molar-refractivity contribution in [2.75, 3.05) is 6.61 Å². The van der Waals surface area contributed by atoms with Crippen LogP contribution in [0.5, 0.6) is 0 Å². The summed E-state index contributed by atoms with van der Waals surface area (Å²) in [5.74, 6) is -1.68. The Morgan fingerprint density at radius 1 is 1.18 bits per heavy atom. The molecule has 1 aliphatic carbocycles. The second-order valence-electron chi connectivity index (χ2n) is 7.74. The van der Waals surface area contributed by atoms with Crippen LogP contribution in [0.4, 0.5) is 0 Å². The van der Waals surface area contributed by atoms with Gasteiger partial charge in [-0.3, -0.25) is 9.59 Å². The molecule has 28 heavy (non-hydrogen) atoms. The number of hydrogen-bond donors (Lipinski definition) is 1. The third-order valence-corrected chi connectivity index (χ3v) is 5.52. The molecule has 1 N–H and O–H groups in total. The summed E-state index contributed by atoms with van der Waals surface area (Å²) in [6.07, 6.45) is 2.37. The Labute approximate surface area is 165 Å². The number of carbonyl (C=O) groups excluding carboxylic acids is 2. The number of fused-ring (bicyclic) bond motifs is 1. The number of carbonyl (C=O) groups is 2. The highest BCUT2D eigenvalue weighted by atomic mass is 16.8. The second kappa shape index (κ2) is 8.90. The molecule has 0 radical (unpaired) electrons. The van der Waals surface area contributed by atoms with E-state index < -0.39 is 54.3 Å². The fourth-order valence-electron chi connectivity index (χ4n) is 4.36. The first-order chi connectivity index (χ1) is 13.3. The molecule has 0 aromatic heterocycles. The Hall–Kier alpha value is -1.48. The normalized spacial score (nSPS) is 35.0. The van der Waals surface area contributed by atoms with Gasteiger partial charge in [-0.1, -0.05) is 12.5 Å². The molecule has 3 aliphatic rings. The summed E-state index contributed by atoms with van der Waals surface area (Å²) in [4.78, 5) is 22.8. The summed E-state index contributed by atoms with van der Waals surface area (Å²) in [6, 6.07) is 0. The van der Waals surface area contributed by atoms with Crippen LogP contribution in [-0.2, 0) is 33.3 Å². The van der Waals surface area contributed by atoms with Gasteiger partial charge in [-0.05, 0) is 19.3 Å². The number of rotatable bonds is 6. The monoisotopic (exact) mass is 398 g/mol. The van der Waals surface area contributed by atoms with Crippen LogP contribution in [0.25, 0.3) is 0 Å². The Kier molecular flexibility index (Phi) is 6.75. The minimum atomic E-state index is -1.09. The highest BCUT2D eigenvalue weighted by Crippen LogP contribution is 2.46. The molecule has 3 rings (SSSR count). The molecule has 0 aromatic rings. The highest BCUT2D eigenvalue weighted by molar-refractivity contribution is 5.66. The van der Waals surface area contributed by atoms with Crippen LogP contribution >= 0.6 is 0 Å². The van der Waals surface area contributed by atoms with Crippen molar-refractivity contribution < 1.29 is 38.4 Å². The van der Waals surface area contributed by atoms with E-state index in [1.807, 2.05) is 0 Å². The van der Waals surface area contributed by atoms with Gasteiger partial charge in [0, 0.05) is 26.7 Å². The maximum Gasteiger partial charge on any atom is 0.303 e. The molecule has 2 aliphatic heterocycles. The fourth-order valence-corrected chi connectivity index (χ4v) is 4.36. The van der Waals surface area contributed by atoms with E-state index in [2.05, 4.69) is 6.58 Å². The van der Waals surface area contributed by atoms with Gasteiger partial charge in [0.05, 0.1) is 0 Å². The molecular weight excluding hydrogens is 368 g/mol. The van der Waals surface area contributed by atoms with Crippen LogP contribution in [0, 0.1) is 0 Å². The van der Waals surface area contributed by atoms with E-state index >= 15 is 0 Å². The maximum absolute atomic E-state index is 11.7. The largest absolute Gasteiger partial charge is 0.463 e. The van der Waals surface area contributed by atoms with Gasteiger partial charge in [0.2, 0.25) is 0 Å². The van der Waals surface area contributed by atoms with Crippen LogP contribution in [-0.4, -0.2) is 66.1 Å². The molecule has 158 valence electrons. The summed E-state index contributed by atoms with van der Waals surface area (Å²) in [6.45, 7) is 6.15. The highest BCUT2D eigenvalue weighted by Gasteiger charge is 2.60. The van der Waals surface area contributed by atoms with Crippen molar-refractivity contribution in [2.24, 2.45) is 0 Å². The van der Waals surface area contributed by atoms with Crippen LogP contribution < -0.4 is 0 Å². The number of esters is 2. The third kappa shape index (κ3) is 4.56. The van der Waals surface area contributed by atoms with Crippen molar-refractivity contribution in [1.29, 1.82) is 0 Å². The molecule has 2 heterocycles. The van der Waals surface area contributed by atoms with Gasteiger partial charge in [-0.15, -0.1) is 6.58 Å². The van der Waals surface area contributed by atoms with E-state index in [9.17, 15) is 14.7 Å². The first kappa shape index (κ1) is 21.2. The Morgan fingerprint density at radius 3 is 2.46 bits per heavy atom. The summed E-state index contributed by atoms with van der Waals surface area (Å²) in [5, 5.41) is 10.6. The van der Waals surface area contributed by atoms with Gasteiger partial charge in [0.25, 0.3) is 0 Å². The second-order valence-corrected chi connectivity index (χ2v) is 7.74. The Morgan fingerprint density at radius 2 is 1.86 bits per heavy atom. The topological polar surface area (TPSA) is 101 Å². The summed E-state index contributed by atoms with van der Waals surface area (Å²) >= 11 is 0. The molecule has 1 saturated carbocycles. The minimum absolute atomic E-state index is 0.210. The van der Waals surface area contributed by atoms with Crippen molar-refractivity contribution in [1.82, 2.24) is 0 Å². The van der Waals surface area contributed by atoms with E-state index in [4.69, 9.17) is 23.7 Å². The summed E-state index contributed by atoms with van der Waals surface area (Å²) < 4.78 is 29.3. The molecule has 0 amide bonds. The summed E-state index contributed by atoms with van der Waals surface area (Å²) in [5.41, 5.74) is 0. The van der Waals surface area contributed by atoms with Crippen molar-refractivity contribution >= 4 is 11.9 Å². The maximum atomic E-state index is 11.7. The van der Waals surface area contributed by atoms with Crippen LogP contribution in [0.3, 0.4) is 0 Å². The lowest BCUT2D eigenvalue weighted by molar-refractivity contribution is -0.227. The Bertz CT molecular complexity index is 585. The van der Waals surface area contributed by atoms with Gasteiger partial charge >= 0.3 is 11.9 Å². The van der Waals surface area contributed by atoms with Gasteiger partial charge < -0.3 is 28.8 Å². The van der Waals surface area contributed by atoms with E-state index in [0.29, 0.717) is 6.42 Å². The Balaban J connectivity index is 1.86. The first-order valence-corrected chi connectivity index (χ1v) is 9.96. The SMILES string of the molecule is C=CCC1O[C@@H]([C@H](O)COC(C)=O)[C@H]2OC3(CCCCC3)O[C@H]2[C@H]1OC(C)=O. The van der Waals surface area contributed by atoms with Crippen LogP contribution in [0.1, 0.15) is 52.4 Å². The zero-order valence-electron chi connectivity index (χ0n) is 16.5. The average molecular weight is 398 g/mol. The lowest BCUT2D eigenvalue weighted by atomic mass is 9.91. The molecule has 0 aromatic carbocycles. The third-order valence-electron chi connectivity index (χ3n) is 5.52. The van der Waals surface area contributed by atoms with E-state index in [1.54, 1.807) is 6.08 Å². The van der Waals surface area contributed by atoms with Crippen molar-refractivity contribution in [3.05, 3.63) is 12.7 Å². The molecule has 6 atom stereocenters. The molecule has 3 fully saturated rings.